The first-order valence-electron chi connectivity index (χ1n) is 14.1. The number of nitrogens with zero attached hydrogens (tertiary/aromatic N) is 2. The molecule has 7 rings (SSSR count). The van der Waals surface area contributed by atoms with Crippen molar-refractivity contribution in [3.63, 3.8) is 0 Å². The molecule has 0 fully saturated rings. The van der Waals surface area contributed by atoms with Crippen molar-refractivity contribution in [2.75, 3.05) is 0 Å². The molecule has 0 aliphatic carbocycles. The number of hydrogen-bond donors (Lipinski definition) is 2. The van der Waals surface area contributed by atoms with Crippen LogP contribution in [0.3, 0.4) is 0 Å². The number of thioether (sulfide) groups is 2. The van der Waals surface area contributed by atoms with Gasteiger partial charge in [-0.15, -0.1) is 22.7 Å². The zero-order chi connectivity index (χ0) is 40.5. The molecule has 2 N–H and O–H groups in total. The lowest BCUT2D eigenvalue weighted by Crippen LogP contribution is -2.10. The van der Waals surface area contributed by atoms with Crippen LogP contribution < -0.4 is 0 Å². The topological polar surface area (TPSA) is 57.4 Å². The van der Waals surface area contributed by atoms with Gasteiger partial charge in [-0.1, -0.05) is 51.0 Å². The number of fused-ring (bicyclic) bond motifs is 2. The Labute approximate surface area is 316 Å². The summed E-state index contributed by atoms with van der Waals surface area (Å²) in [6.07, 6.45) is 0. The van der Waals surface area contributed by atoms with E-state index >= 15 is 0 Å². The van der Waals surface area contributed by atoms with Crippen LogP contribution in [-0.2, 0) is 0 Å². The summed E-state index contributed by atoms with van der Waals surface area (Å²) in [6, 6.07) is 7.35. The number of halogens is 16. The first-order chi connectivity index (χ1) is 24.7. The SMILES string of the molecule is FC(F)(F)Sc1cc(-c2ccc(-c3c4nsnc4c(-c4ccc(-c5ccc(S(F)(F)(F)(F)F)c(SC(F)(F)F)c5)s4)c4[nH][nH]c34)s2)ccc1S(F)(F)(F)(F)F. The van der Waals surface area contributed by atoms with E-state index in [1.807, 2.05) is 0 Å². The molecule has 4 heterocycles. The molecule has 0 saturated carbocycles. The Morgan fingerprint density at radius 1 is 0.491 bits per heavy atom. The molecule has 0 saturated heterocycles. The maximum absolute atomic E-state index is 13.6. The lowest BCUT2D eigenvalue weighted by Gasteiger charge is -2.41. The third-order valence-corrected chi connectivity index (χ3v) is 14.5. The van der Waals surface area contributed by atoms with Crippen molar-refractivity contribution in [1.82, 2.24) is 18.9 Å². The summed E-state index contributed by atoms with van der Waals surface area (Å²) in [5.41, 5.74) is -9.23. The summed E-state index contributed by atoms with van der Waals surface area (Å²) in [5, 5.41) is 5.68. The predicted molar refractivity (Wildman–Crippen MR) is 188 cm³/mol. The average Bonchev–Trinajstić information content (AvgIpc) is 3.75. The van der Waals surface area contributed by atoms with Gasteiger partial charge in [0.1, 0.15) is 20.8 Å². The molecule has 0 aliphatic heterocycles. The molecule has 3 aromatic carbocycles. The number of nitrogens with one attached hydrogen (secondary N) is 2. The van der Waals surface area contributed by atoms with Gasteiger partial charge in [0.15, 0.2) is 0 Å². The maximum atomic E-state index is 13.6. The lowest BCUT2D eigenvalue weighted by molar-refractivity contribution is -0.0338. The Balaban J connectivity index is 1.29. The number of alkyl halides is 6. The minimum Gasteiger partial charge on any atom is -0.298 e. The van der Waals surface area contributed by atoms with Crippen molar-refractivity contribution in [2.24, 2.45) is 0 Å². The molecule has 55 heavy (non-hydrogen) atoms. The molecule has 0 atom stereocenters. The Morgan fingerprint density at radius 2 is 0.836 bits per heavy atom. The smallest absolute Gasteiger partial charge is 0.298 e. The second-order valence-electron chi connectivity index (χ2n) is 11.4. The first kappa shape index (κ1) is 40.0. The summed E-state index contributed by atoms with van der Waals surface area (Å²) in [4.78, 5) is -7.97. The number of hydrogen-bond acceptors (Lipinski definition) is 7. The van der Waals surface area contributed by atoms with Crippen LogP contribution in [0.15, 0.2) is 80.2 Å². The van der Waals surface area contributed by atoms with Crippen molar-refractivity contribution < 1.29 is 65.2 Å². The molecule has 298 valence electrons. The van der Waals surface area contributed by atoms with Gasteiger partial charge in [-0.3, -0.25) is 10.2 Å². The fourth-order valence-corrected chi connectivity index (χ4v) is 12.0. The molecule has 0 aliphatic rings. The van der Waals surface area contributed by atoms with Crippen LogP contribution in [0.1, 0.15) is 0 Å². The molecule has 0 unspecified atom stereocenters. The minimum absolute atomic E-state index is 0.0938. The second-order valence-corrected chi connectivity index (χ2v) is 21.1. The molecule has 4 nitrogen and oxygen atoms in total. The lowest BCUT2D eigenvalue weighted by atomic mass is 10.0. The zero-order valence-electron chi connectivity index (χ0n) is 25.6. The third kappa shape index (κ3) is 8.14. The van der Waals surface area contributed by atoms with Crippen molar-refractivity contribution in [3.8, 4) is 41.8 Å². The third-order valence-electron chi connectivity index (χ3n) is 7.47. The fraction of sp³-hybridized carbons (Fsp3) is 0.0714. The average molecular weight is 933 g/mol. The van der Waals surface area contributed by atoms with Crippen LogP contribution in [0.5, 0.6) is 0 Å². The second kappa shape index (κ2) is 11.2. The number of aromatic amines is 2. The van der Waals surface area contributed by atoms with E-state index in [4.69, 9.17) is 0 Å². The highest BCUT2D eigenvalue weighted by atomic mass is 32.5. The van der Waals surface area contributed by atoms with Crippen LogP contribution in [-0.4, -0.2) is 30.0 Å². The number of benzene rings is 3. The van der Waals surface area contributed by atoms with Crippen LogP contribution >= 0.6 is 78.4 Å². The van der Waals surface area contributed by atoms with E-state index in [9.17, 15) is 65.2 Å². The van der Waals surface area contributed by atoms with Crippen LogP contribution in [0, 0.1) is 0 Å². The molecular weight excluding hydrogens is 921 g/mol. The summed E-state index contributed by atoms with van der Waals surface area (Å²) in [5.74, 6) is 0. The standard InChI is InChI=1S/C28H12F16N4S7/c29-27(30,31)51-17-9-11(1-7-19(17)54(35,36,37,38)39)13-3-5-15(49-13)21-23-24(46-45-23)22(26-25(21)47-53-48-26)16-6-4-14(50-16)12-2-8-20(55(40,41,42,43)44)18(10-12)52-28(32,33)34/h1-10,45-46H. The summed E-state index contributed by atoms with van der Waals surface area (Å²) < 4.78 is 224. The van der Waals surface area contributed by atoms with Gasteiger partial charge < -0.3 is 0 Å². The van der Waals surface area contributed by atoms with Crippen molar-refractivity contribution in [3.05, 3.63) is 60.7 Å². The number of aromatic nitrogens is 4. The van der Waals surface area contributed by atoms with Gasteiger partial charge in [0.2, 0.25) is 0 Å². The van der Waals surface area contributed by atoms with Gasteiger partial charge in [-0.05, 0) is 83.2 Å². The van der Waals surface area contributed by atoms with Gasteiger partial charge >= 0.3 is 31.5 Å². The molecular formula is C28H12F16N4S7. The highest BCUT2D eigenvalue weighted by Crippen LogP contribution is 3.03. The van der Waals surface area contributed by atoms with Gasteiger partial charge in [-0.2, -0.15) is 35.1 Å². The van der Waals surface area contributed by atoms with E-state index < -0.39 is 74.6 Å². The monoisotopic (exact) mass is 932 g/mol. The Morgan fingerprint density at radius 3 is 1.15 bits per heavy atom. The van der Waals surface area contributed by atoms with E-state index in [2.05, 4.69) is 18.9 Å². The Bertz CT molecular complexity index is 2480. The normalized spacial score (nSPS) is 16.0. The minimum atomic E-state index is -10.5. The zero-order valence-corrected chi connectivity index (χ0v) is 31.3. The van der Waals surface area contributed by atoms with E-state index in [1.165, 1.54) is 24.3 Å². The largest absolute Gasteiger partial charge is 0.446 e. The van der Waals surface area contributed by atoms with Gasteiger partial charge in [0.25, 0.3) is 0 Å². The molecule has 4 aromatic heterocycles. The highest BCUT2D eigenvalue weighted by Gasteiger charge is 2.68. The predicted octanol–water partition coefficient (Wildman–Crippen LogP) is 16.8. The first-order valence-corrected chi connectivity index (χ1v) is 22.0. The molecule has 0 bridgehead atoms. The van der Waals surface area contributed by atoms with Gasteiger partial charge in [0.05, 0.1) is 22.8 Å². The molecule has 0 amide bonds. The molecule has 0 radical (unpaired) electrons. The Kier molecular flexibility index (Phi) is 8.17. The molecule has 7 aromatic rings. The summed E-state index contributed by atoms with van der Waals surface area (Å²) >= 11 is -0.201. The van der Waals surface area contributed by atoms with E-state index in [0.717, 1.165) is 34.4 Å². The highest BCUT2D eigenvalue weighted by molar-refractivity contribution is 8.46. The van der Waals surface area contributed by atoms with E-state index in [0.29, 0.717) is 56.2 Å². The van der Waals surface area contributed by atoms with Crippen molar-refractivity contribution in [2.45, 2.75) is 30.6 Å². The van der Waals surface area contributed by atoms with E-state index in [-0.39, 0.29) is 44.0 Å². The quantitative estimate of drug-likeness (QED) is 0.118. The maximum Gasteiger partial charge on any atom is 0.446 e. The fourth-order valence-electron chi connectivity index (χ4n) is 5.42. The number of H-pyrrole nitrogens is 2. The number of rotatable bonds is 8. The van der Waals surface area contributed by atoms with E-state index in [1.54, 1.807) is 0 Å². The van der Waals surface area contributed by atoms with Gasteiger partial charge in [0, 0.05) is 40.4 Å². The Hall–Kier alpha value is -3.24. The van der Waals surface area contributed by atoms with Crippen molar-refractivity contribution in [1.29, 1.82) is 0 Å². The van der Waals surface area contributed by atoms with Gasteiger partial charge in [-0.25, -0.2) is 0 Å². The summed E-state index contributed by atoms with van der Waals surface area (Å²) in [7, 11) is -21.1. The van der Waals surface area contributed by atoms with Crippen LogP contribution in [0.4, 0.5) is 65.2 Å². The number of thiophene rings is 2. The summed E-state index contributed by atoms with van der Waals surface area (Å²) in [6.45, 7) is 0. The molecule has 27 heteroatoms. The van der Waals surface area contributed by atoms with Crippen LogP contribution in [0.2, 0.25) is 0 Å². The van der Waals surface area contributed by atoms with Crippen molar-refractivity contribution >= 4 is 100 Å². The molecule has 0 spiro atoms. The van der Waals surface area contributed by atoms with Crippen LogP contribution in [0.25, 0.3) is 63.8 Å².